The lowest BCUT2D eigenvalue weighted by Crippen LogP contribution is -2.27. The molecular weight excluding hydrogens is 661 g/mol. The van der Waals surface area contributed by atoms with E-state index in [9.17, 15) is 18.0 Å². The van der Waals surface area contributed by atoms with Crippen molar-refractivity contribution in [3.8, 4) is 18.1 Å². The van der Waals surface area contributed by atoms with E-state index < -0.39 is 17.6 Å². The number of benzene rings is 2. The molecule has 1 saturated heterocycles. The van der Waals surface area contributed by atoms with Crippen LogP contribution in [0.1, 0.15) is 11.1 Å². The van der Waals surface area contributed by atoms with Gasteiger partial charge in [-0.25, -0.2) is 0 Å². The van der Waals surface area contributed by atoms with Gasteiger partial charge >= 0.3 is 6.18 Å². The molecular formula is C20H10F3I2NO2S2. The fourth-order valence-electron chi connectivity index (χ4n) is 2.58. The maximum Gasteiger partial charge on any atom is 0.416 e. The average Bonchev–Trinajstić information content (AvgIpc) is 2.94. The highest BCUT2D eigenvalue weighted by Gasteiger charge is 2.36. The largest absolute Gasteiger partial charge is 0.479 e. The summed E-state index contributed by atoms with van der Waals surface area (Å²) in [5.74, 6) is 2.59. The van der Waals surface area contributed by atoms with Gasteiger partial charge in [0.2, 0.25) is 0 Å². The van der Waals surface area contributed by atoms with Gasteiger partial charge < -0.3 is 4.74 Å². The van der Waals surface area contributed by atoms with Gasteiger partial charge in [-0.15, -0.1) is 6.42 Å². The Balaban J connectivity index is 1.92. The number of amides is 1. The van der Waals surface area contributed by atoms with Crippen LogP contribution in [-0.4, -0.2) is 16.8 Å². The van der Waals surface area contributed by atoms with Crippen molar-refractivity contribution in [1.82, 2.24) is 0 Å². The Hall–Kier alpha value is -1.30. The number of carbonyl (C=O) groups is 1. The molecule has 154 valence electrons. The predicted molar refractivity (Wildman–Crippen MR) is 133 cm³/mol. The molecule has 0 aromatic heterocycles. The van der Waals surface area contributed by atoms with Crippen molar-refractivity contribution < 1.29 is 22.7 Å². The number of hydrogen-bond donors (Lipinski definition) is 0. The summed E-state index contributed by atoms with van der Waals surface area (Å²) >= 11 is 10.5. The summed E-state index contributed by atoms with van der Waals surface area (Å²) in [6.07, 6.45) is 2.37. The van der Waals surface area contributed by atoms with Gasteiger partial charge in [0.05, 0.1) is 23.3 Å². The first kappa shape index (κ1) is 23.4. The quantitative estimate of drug-likeness (QED) is 0.165. The molecule has 0 atom stereocenters. The Morgan fingerprint density at radius 3 is 2.50 bits per heavy atom. The molecule has 1 fully saturated rings. The normalized spacial score (nSPS) is 15.6. The van der Waals surface area contributed by atoms with Crippen molar-refractivity contribution in [2.45, 2.75) is 6.18 Å². The number of terminal acetylenes is 1. The molecule has 1 amide bonds. The summed E-state index contributed by atoms with van der Waals surface area (Å²) in [6, 6.07) is 8.19. The first-order chi connectivity index (χ1) is 14.1. The van der Waals surface area contributed by atoms with Gasteiger partial charge in [0.15, 0.2) is 4.32 Å². The predicted octanol–water partition coefficient (Wildman–Crippen LogP) is 6.33. The Kier molecular flexibility index (Phi) is 7.36. The molecule has 0 spiro atoms. The van der Waals surface area contributed by atoms with Crippen LogP contribution in [-0.2, 0) is 11.0 Å². The second-order valence-electron chi connectivity index (χ2n) is 5.87. The van der Waals surface area contributed by atoms with E-state index in [0.29, 0.717) is 10.7 Å². The third-order valence-corrected chi connectivity index (χ3v) is 6.75. The number of anilines is 1. The van der Waals surface area contributed by atoms with Crippen molar-refractivity contribution in [1.29, 1.82) is 0 Å². The fraction of sp³-hybridized carbons (Fsp3) is 0.100. The van der Waals surface area contributed by atoms with E-state index in [0.717, 1.165) is 41.5 Å². The number of nitrogens with zero attached hydrogens (tertiary/aromatic N) is 1. The number of thioether (sulfide) groups is 1. The molecule has 0 unspecified atom stereocenters. The van der Waals surface area contributed by atoms with Crippen molar-refractivity contribution in [2.24, 2.45) is 0 Å². The van der Waals surface area contributed by atoms with Crippen LogP contribution in [0.15, 0.2) is 41.3 Å². The van der Waals surface area contributed by atoms with Crippen LogP contribution in [0.3, 0.4) is 0 Å². The van der Waals surface area contributed by atoms with Crippen LogP contribution in [0.5, 0.6) is 5.75 Å². The highest BCUT2D eigenvalue weighted by molar-refractivity contribution is 14.1. The minimum absolute atomic E-state index is 0.0814. The Morgan fingerprint density at radius 2 is 1.90 bits per heavy atom. The third kappa shape index (κ3) is 5.12. The number of halogens is 5. The van der Waals surface area contributed by atoms with E-state index in [1.807, 2.05) is 12.1 Å². The summed E-state index contributed by atoms with van der Waals surface area (Å²) in [7, 11) is 0. The van der Waals surface area contributed by atoms with Gasteiger partial charge in [-0.3, -0.25) is 9.69 Å². The van der Waals surface area contributed by atoms with Crippen LogP contribution in [0.25, 0.3) is 6.08 Å². The van der Waals surface area contributed by atoms with Crippen molar-refractivity contribution in [3.05, 3.63) is 59.6 Å². The second kappa shape index (κ2) is 9.46. The van der Waals surface area contributed by atoms with Crippen LogP contribution < -0.4 is 9.64 Å². The molecule has 0 aliphatic carbocycles. The molecule has 1 heterocycles. The van der Waals surface area contributed by atoms with E-state index in [2.05, 4.69) is 51.1 Å². The van der Waals surface area contributed by atoms with Gasteiger partial charge in [-0.2, -0.15) is 13.2 Å². The maximum absolute atomic E-state index is 13.0. The standard InChI is InChI=1S/C20H10F3I2NO2S2/c1-2-6-28-17-14(24)7-11(8-15(17)25)9-16-18(27)26(19(29)30-16)13-5-3-4-12(10-13)20(21,22)23/h1,3-5,7-10H,6H2/b16-9+. The number of carbonyl (C=O) groups excluding carboxylic acids is 1. The van der Waals surface area contributed by atoms with Gasteiger partial charge in [0.1, 0.15) is 12.4 Å². The minimum Gasteiger partial charge on any atom is -0.479 e. The van der Waals surface area contributed by atoms with Crippen molar-refractivity contribution in [3.63, 3.8) is 0 Å². The molecule has 30 heavy (non-hydrogen) atoms. The molecule has 0 bridgehead atoms. The topological polar surface area (TPSA) is 29.5 Å². The van der Waals surface area contributed by atoms with Gasteiger partial charge in [-0.1, -0.05) is 36.0 Å². The SMILES string of the molecule is C#CCOc1c(I)cc(/C=C2/SC(=S)N(c3cccc(C(F)(F)F)c3)C2=O)cc1I. The molecule has 0 radical (unpaired) electrons. The Labute approximate surface area is 207 Å². The number of alkyl halides is 3. The lowest BCUT2D eigenvalue weighted by Gasteiger charge is -2.16. The molecule has 2 aromatic rings. The number of ether oxygens (including phenoxy) is 1. The smallest absolute Gasteiger partial charge is 0.416 e. The average molecular weight is 671 g/mol. The van der Waals surface area contributed by atoms with E-state index in [1.165, 1.54) is 12.1 Å². The monoisotopic (exact) mass is 671 g/mol. The number of hydrogen-bond acceptors (Lipinski definition) is 4. The zero-order valence-electron chi connectivity index (χ0n) is 14.8. The van der Waals surface area contributed by atoms with Crippen molar-refractivity contribution in [2.75, 3.05) is 11.5 Å². The van der Waals surface area contributed by atoms with Gasteiger partial charge in [0.25, 0.3) is 5.91 Å². The molecule has 3 rings (SSSR count). The van der Waals surface area contributed by atoms with Crippen LogP contribution in [0, 0.1) is 19.5 Å². The zero-order valence-corrected chi connectivity index (χ0v) is 20.7. The highest BCUT2D eigenvalue weighted by atomic mass is 127. The summed E-state index contributed by atoms with van der Waals surface area (Å²) in [4.78, 5) is 14.3. The summed E-state index contributed by atoms with van der Waals surface area (Å²) in [5, 5.41) is 0. The van der Waals surface area contributed by atoms with E-state index in [4.69, 9.17) is 23.4 Å². The van der Waals surface area contributed by atoms with Crippen LogP contribution in [0.4, 0.5) is 18.9 Å². The summed E-state index contributed by atoms with van der Waals surface area (Å²) < 4.78 is 46.4. The van der Waals surface area contributed by atoms with Crippen LogP contribution in [0.2, 0.25) is 0 Å². The van der Waals surface area contributed by atoms with E-state index in [-0.39, 0.29) is 16.6 Å². The van der Waals surface area contributed by atoms with Gasteiger partial charge in [-0.05, 0) is 87.2 Å². The third-order valence-electron chi connectivity index (χ3n) is 3.84. The Morgan fingerprint density at radius 1 is 1.23 bits per heavy atom. The zero-order chi connectivity index (χ0) is 22.1. The number of rotatable bonds is 4. The molecule has 3 nitrogen and oxygen atoms in total. The molecule has 2 aromatic carbocycles. The molecule has 0 N–H and O–H groups in total. The first-order valence-electron chi connectivity index (χ1n) is 8.12. The fourth-order valence-corrected chi connectivity index (χ4v) is 6.00. The molecule has 1 aliphatic heterocycles. The van der Waals surface area contributed by atoms with E-state index in [1.54, 1.807) is 6.08 Å². The van der Waals surface area contributed by atoms with E-state index >= 15 is 0 Å². The minimum atomic E-state index is -4.51. The van der Waals surface area contributed by atoms with Crippen molar-refractivity contribution >= 4 is 91.2 Å². The van der Waals surface area contributed by atoms with Gasteiger partial charge in [0, 0.05) is 0 Å². The summed E-state index contributed by atoms with van der Waals surface area (Å²) in [6.45, 7) is 0.140. The lowest BCUT2D eigenvalue weighted by molar-refractivity contribution is -0.137. The van der Waals surface area contributed by atoms with Crippen LogP contribution >= 0.6 is 69.2 Å². The summed E-state index contributed by atoms with van der Waals surface area (Å²) in [5.41, 5.74) is -0.0241. The first-order valence-corrected chi connectivity index (χ1v) is 11.5. The molecule has 10 heteroatoms. The second-order valence-corrected chi connectivity index (χ2v) is 9.87. The molecule has 1 aliphatic rings. The Bertz CT molecular complexity index is 1090. The highest BCUT2D eigenvalue weighted by Crippen LogP contribution is 2.39. The molecule has 0 saturated carbocycles. The lowest BCUT2D eigenvalue weighted by atomic mass is 10.1. The maximum atomic E-state index is 13.0. The number of thiocarbonyl (C=S) groups is 1.